The van der Waals surface area contributed by atoms with Gasteiger partial charge in [-0.3, -0.25) is 0 Å². The molecule has 0 aromatic heterocycles. The van der Waals surface area contributed by atoms with E-state index in [2.05, 4.69) is 77.0 Å². The minimum atomic E-state index is 0.590. The largest absolute Gasteiger partial charge is 0.319 e. The molecular formula is C23H33N. The molecule has 0 heterocycles. The van der Waals surface area contributed by atoms with Crippen LogP contribution in [-0.2, 0) is 0 Å². The Kier molecular flexibility index (Phi) is 6.10. The molecule has 0 amide bonds. The summed E-state index contributed by atoms with van der Waals surface area (Å²) in [4.78, 5) is 2.37. The molecule has 24 heavy (non-hydrogen) atoms. The zero-order valence-electron chi connectivity index (χ0n) is 16.2. The quantitative estimate of drug-likeness (QED) is 0.461. The Morgan fingerprint density at radius 2 is 1.96 bits per heavy atom. The minimum absolute atomic E-state index is 0.590. The molecule has 130 valence electrons. The first-order valence-electron chi connectivity index (χ1n) is 9.13. The number of rotatable bonds is 7. The van der Waals surface area contributed by atoms with Crippen molar-refractivity contribution in [1.29, 1.82) is 0 Å². The molecule has 1 heteroatoms. The predicted molar refractivity (Wildman–Crippen MR) is 106 cm³/mol. The van der Waals surface area contributed by atoms with E-state index in [0.717, 1.165) is 25.0 Å². The molecule has 0 aromatic carbocycles. The summed E-state index contributed by atoms with van der Waals surface area (Å²) < 4.78 is 0. The van der Waals surface area contributed by atoms with Crippen LogP contribution >= 0.6 is 0 Å². The van der Waals surface area contributed by atoms with Crippen LogP contribution in [-0.4, -0.2) is 4.90 Å². The van der Waals surface area contributed by atoms with E-state index >= 15 is 0 Å². The molecule has 0 radical (unpaired) electrons. The van der Waals surface area contributed by atoms with Gasteiger partial charge in [0.05, 0.1) is 0 Å². The maximum absolute atomic E-state index is 4.24. The summed E-state index contributed by atoms with van der Waals surface area (Å²) in [5.74, 6) is 1.27. The van der Waals surface area contributed by atoms with Crippen molar-refractivity contribution in [1.82, 2.24) is 4.90 Å². The van der Waals surface area contributed by atoms with Crippen LogP contribution in [0.2, 0.25) is 0 Å². The lowest BCUT2D eigenvalue weighted by molar-refractivity contribution is 0.458. The second-order valence-corrected chi connectivity index (χ2v) is 7.80. The highest BCUT2D eigenvalue weighted by Gasteiger charge is 2.33. The summed E-state index contributed by atoms with van der Waals surface area (Å²) >= 11 is 0. The van der Waals surface area contributed by atoms with E-state index in [9.17, 15) is 0 Å². The smallest absolute Gasteiger partial charge is 0.0444 e. The average Bonchev–Trinajstić information content (AvgIpc) is 3.19. The SMILES string of the molecule is C=C(C)C[C@H](C)C[C@@H]1C=C1N(C(=C)C)C1=C(C)C/C=C(/C)CC=C1. The van der Waals surface area contributed by atoms with Crippen LogP contribution in [0.5, 0.6) is 0 Å². The third-order valence-electron chi connectivity index (χ3n) is 4.79. The highest BCUT2D eigenvalue weighted by molar-refractivity contribution is 5.41. The van der Waals surface area contributed by atoms with Crippen LogP contribution in [0.15, 0.2) is 71.3 Å². The van der Waals surface area contributed by atoms with Gasteiger partial charge < -0.3 is 4.90 Å². The molecule has 2 aliphatic carbocycles. The van der Waals surface area contributed by atoms with Gasteiger partial charge in [0.15, 0.2) is 0 Å². The van der Waals surface area contributed by atoms with E-state index in [-0.39, 0.29) is 0 Å². The molecule has 2 aliphatic rings. The summed E-state index contributed by atoms with van der Waals surface area (Å²) in [5.41, 5.74) is 7.99. The van der Waals surface area contributed by atoms with Gasteiger partial charge in [-0.15, -0.1) is 6.58 Å². The van der Waals surface area contributed by atoms with Crippen LogP contribution < -0.4 is 0 Å². The van der Waals surface area contributed by atoms with Crippen molar-refractivity contribution < 1.29 is 0 Å². The normalized spacial score (nSPS) is 23.6. The number of hydrogen-bond acceptors (Lipinski definition) is 1. The van der Waals surface area contributed by atoms with Crippen LogP contribution in [0, 0.1) is 11.8 Å². The Morgan fingerprint density at radius 1 is 1.25 bits per heavy atom. The van der Waals surface area contributed by atoms with Crippen molar-refractivity contribution in [3.63, 3.8) is 0 Å². The van der Waals surface area contributed by atoms with Crippen LogP contribution in [0.4, 0.5) is 0 Å². The standard InChI is InChI=1S/C23H33N/c1-16(2)13-19(6)14-21-15-23(21)24(17(3)4)22-10-8-9-18(5)11-12-20(22)7/h8,10-11,15,19,21H,1,3,9,12-14H2,2,4-7H3/b10-8?,18-11-,22-20?/t19-,21+/m0/s1. The summed E-state index contributed by atoms with van der Waals surface area (Å²) in [6.07, 6.45) is 13.7. The van der Waals surface area contributed by atoms with Crippen molar-refractivity contribution in [2.24, 2.45) is 11.8 Å². The highest BCUT2D eigenvalue weighted by Crippen LogP contribution is 2.43. The second-order valence-electron chi connectivity index (χ2n) is 7.80. The van der Waals surface area contributed by atoms with E-state index in [1.807, 2.05) is 0 Å². The van der Waals surface area contributed by atoms with Gasteiger partial charge in [-0.2, -0.15) is 0 Å². The van der Waals surface area contributed by atoms with E-state index < -0.39 is 0 Å². The molecule has 0 N–H and O–H groups in total. The van der Waals surface area contributed by atoms with Gasteiger partial charge in [0, 0.05) is 23.0 Å². The molecule has 1 nitrogen and oxygen atoms in total. The lowest BCUT2D eigenvalue weighted by atomic mass is 9.96. The zero-order chi connectivity index (χ0) is 17.9. The highest BCUT2D eigenvalue weighted by atomic mass is 15.2. The predicted octanol–water partition coefficient (Wildman–Crippen LogP) is 6.90. The Balaban J connectivity index is 2.13. The van der Waals surface area contributed by atoms with Gasteiger partial charge in [-0.05, 0) is 70.9 Å². The van der Waals surface area contributed by atoms with E-state index in [4.69, 9.17) is 0 Å². The molecule has 2 atom stereocenters. The van der Waals surface area contributed by atoms with Gasteiger partial charge in [0.2, 0.25) is 0 Å². The van der Waals surface area contributed by atoms with E-state index in [0.29, 0.717) is 11.8 Å². The maximum Gasteiger partial charge on any atom is 0.0444 e. The van der Waals surface area contributed by atoms with Gasteiger partial charge in [-0.25, -0.2) is 0 Å². The zero-order valence-corrected chi connectivity index (χ0v) is 16.2. The Hall–Kier alpha value is -1.76. The van der Waals surface area contributed by atoms with Crippen molar-refractivity contribution in [3.05, 3.63) is 71.3 Å². The Bertz CT molecular complexity index is 639. The molecule has 0 aromatic rings. The molecule has 0 saturated heterocycles. The molecule has 0 unspecified atom stereocenters. The number of allylic oxidation sites excluding steroid dienone is 9. The molecule has 0 aliphatic heterocycles. The number of hydrogen-bond donors (Lipinski definition) is 0. The Labute approximate surface area is 148 Å². The fourth-order valence-corrected chi connectivity index (χ4v) is 3.54. The lowest BCUT2D eigenvalue weighted by Gasteiger charge is -2.27. The van der Waals surface area contributed by atoms with Crippen molar-refractivity contribution in [2.45, 2.75) is 60.3 Å². The summed E-state index contributed by atoms with van der Waals surface area (Å²) in [6, 6.07) is 0. The first-order valence-corrected chi connectivity index (χ1v) is 9.13. The van der Waals surface area contributed by atoms with Crippen molar-refractivity contribution >= 4 is 0 Å². The lowest BCUT2D eigenvalue weighted by Crippen LogP contribution is -2.18. The topological polar surface area (TPSA) is 3.24 Å². The second kappa shape index (κ2) is 7.88. The molecule has 0 saturated carbocycles. The molecule has 0 fully saturated rings. The van der Waals surface area contributed by atoms with Crippen LogP contribution in [0.1, 0.15) is 60.3 Å². The molecule has 0 bridgehead atoms. The monoisotopic (exact) mass is 323 g/mol. The minimum Gasteiger partial charge on any atom is -0.319 e. The molecular weight excluding hydrogens is 290 g/mol. The first kappa shape index (κ1) is 18.6. The van der Waals surface area contributed by atoms with E-state index in [1.165, 1.54) is 34.5 Å². The van der Waals surface area contributed by atoms with Gasteiger partial charge in [-0.1, -0.05) is 42.9 Å². The number of nitrogens with zero attached hydrogens (tertiary/aromatic N) is 1. The third kappa shape index (κ3) is 4.87. The van der Waals surface area contributed by atoms with Crippen LogP contribution in [0.25, 0.3) is 0 Å². The third-order valence-corrected chi connectivity index (χ3v) is 4.79. The first-order chi connectivity index (χ1) is 11.3. The van der Waals surface area contributed by atoms with Crippen molar-refractivity contribution in [3.8, 4) is 0 Å². The van der Waals surface area contributed by atoms with Crippen molar-refractivity contribution in [2.75, 3.05) is 0 Å². The fourth-order valence-electron chi connectivity index (χ4n) is 3.54. The molecule has 2 rings (SSSR count). The fraction of sp³-hybridized carbons (Fsp3) is 0.478. The average molecular weight is 324 g/mol. The summed E-state index contributed by atoms with van der Waals surface area (Å²) in [7, 11) is 0. The van der Waals surface area contributed by atoms with Gasteiger partial charge >= 0.3 is 0 Å². The Morgan fingerprint density at radius 3 is 2.58 bits per heavy atom. The summed E-state index contributed by atoms with van der Waals surface area (Å²) in [5, 5.41) is 0. The summed E-state index contributed by atoms with van der Waals surface area (Å²) in [6.45, 7) is 19.3. The van der Waals surface area contributed by atoms with Gasteiger partial charge in [0.25, 0.3) is 0 Å². The van der Waals surface area contributed by atoms with Gasteiger partial charge in [0.1, 0.15) is 0 Å². The maximum atomic E-state index is 4.24. The van der Waals surface area contributed by atoms with Crippen LogP contribution in [0.3, 0.4) is 0 Å². The molecule has 0 spiro atoms. The van der Waals surface area contributed by atoms with E-state index in [1.54, 1.807) is 0 Å².